The van der Waals surface area contributed by atoms with Gasteiger partial charge in [-0.3, -0.25) is 22.7 Å². The largest absolute Gasteiger partial charge is 0.408 e. The Labute approximate surface area is 315 Å². The molecule has 7 heterocycles. The Kier molecular flexibility index (Phi) is 9.25. The Morgan fingerprint density at radius 3 is 2.25 bits per heavy atom. The second kappa shape index (κ2) is 13.1. The van der Waals surface area contributed by atoms with E-state index < -0.39 is 70.2 Å². The van der Waals surface area contributed by atoms with Crippen LogP contribution in [-0.2, 0) is 48.4 Å². The van der Waals surface area contributed by atoms with Crippen LogP contribution in [0.25, 0.3) is 22.3 Å². The van der Waals surface area contributed by atoms with Crippen LogP contribution in [0, 0.1) is 5.92 Å². The highest BCUT2D eigenvalue weighted by atomic mass is 32.7. The van der Waals surface area contributed by atoms with E-state index in [9.17, 15) is 9.46 Å². The summed E-state index contributed by atoms with van der Waals surface area (Å²) in [6.07, 6.45) is 3.93. The monoisotopic (exact) mass is 826 g/mol. The molecular weight excluding hydrogens is 787 g/mol. The number of aromatic nitrogens is 8. The summed E-state index contributed by atoms with van der Waals surface area (Å²) >= 11 is 10.2. The molecule has 0 saturated carbocycles. The van der Waals surface area contributed by atoms with Gasteiger partial charge in [-0.2, -0.15) is 0 Å². The van der Waals surface area contributed by atoms with Crippen molar-refractivity contribution in [1.29, 1.82) is 0 Å². The van der Waals surface area contributed by atoms with Crippen molar-refractivity contribution < 1.29 is 41.5 Å². The Hall–Kier alpha value is -2.43. The fourth-order valence-corrected chi connectivity index (χ4v) is 11.2. The molecule has 0 aromatic carbocycles. The lowest BCUT2D eigenvalue weighted by Crippen LogP contribution is -2.50. The number of nitrogen functional groups attached to an aromatic ring is 2. The summed E-state index contributed by atoms with van der Waals surface area (Å²) in [5.74, 6) is -0.210. The van der Waals surface area contributed by atoms with Gasteiger partial charge in [-0.25, -0.2) is 34.5 Å². The van der Waals surface area contributed by atoms with Gasteiger partial charge in [0, 0.05) is 0 Å². The average molecular weight is 827 g/mol. The molecule has 19 nitrogen and oxygen atoms in total. The van der Waals surface area contributed by atoms with Gasteiger partial charge in [0.1, 0.15) is 59.9 Å². The summed E-state index contributed by atoms with van der Waals surface area (Å²) < 4.78 is 62.8. The molecular formula is C29H40N10O9P2S2Si. The molecule has 53 heavy (non-hydrogen) atoms. The van der Waals surface area contributed by atoms with E-state index in [0.717, 1.165) is 0 Å². The van der Waals surface area contributed by atoms with Crippen LogP contribution in [0.3, 0.4) is 0 Å². The van der Waals surface area contributed by atoms with Crippen LogP contribution < -0.4 is 11.5 Å². The topological polar surface area (TPSA) is 241 Å². The van der Waals surface area contributed by atoms with Crippen molar-refractivity contribution in [3.05, 3.63) is 37.5 Å². The predicted molar refractivity (Wildman–Crippen MR) is 200 cm³/mol. The highest BCUT2D eigenvalue weighted by molar-refractivity contribution is 8.44. The average Bonchev–Trinajstić information content (AvgIpc) is 3.81. The molecule has 286 valence electrons. The maximum Gasteiger partial charge on any atom is 0.386 e. The third-order valence-corrected chi connectivity index (χ3v) is 18.2. The SMILES string of the molecule is CC(C)(C)[Si](C)(C)OC1[C@H]2OP(O)(=S)OC[C@@]34CC=C[C@@H]([C@H](n5cnc6c(N)ncnc65)O3)[C@@H]4OP(=O)(S)OC[C@H]1O[C@H]2n1cnc2c(N)ncnc21. The number of hydrogen-bond acceptors (Lipinski definition) is 17. The summed E-state index contributed by atoms with van der Waals surface area (Å²) in [6, 6.07) is 0. The first-order valence-corrected chi connectivity index (χ1v) is 24.9. The molecule has 0 radical (unpaired) electrons. The van der Waals surface area contributed by atoms with Crippen molar-refractivity contribution in [2.24, 2.45) is 5.92 Å². The molecule has 3 unspecified atom stereocenters. The quantitative estimate of drug-likeness (QED) is 0.0982. The number of hydrogen-bond donors (Lipinski definition) is 4. The fourth-order valence-electron chi connectivity index (χ4n) is 6.92. The van der Waals surface area contributed by atoms with Crippen LogP contribution >= 0.6 is 25.8 Å². The Balaban J connectivity index is 1.19. The van der Waals surface area contributed by atoms with Crippen LogP contribution in [-0.4, -0.2) is 95.5 Å². The van der Waals surface area contributed by atoms with Crippen molar-refractivity contribution in [2.75, 3.05) is 24.7 Å². The molecule has 4 bridgehead atoms. The molecule has 0 spiro atoms. The second-order valence-corrected chi connectivity index (χ2v) is 25.4. The molecule has 24 heteroatoms. The number of ether oxygens (including phenoxy) is 2. The minimum atomic E-state index is -4.19. The number of nitrogens with zero attached hydrogens (tertiary/aromatic N) is 8. The highest BCUT2D eigenvalue weighted by Crippen LogP contribution is 2.62. The van der Waals surface area contributed by atoms with Gasteiger partial charge in [-0.05, 0) is 36.4 Å². The van der Waals surface area contributed by atoms with Crippen molar-refractivity contribution in [2.45, 2.75) is 87.8 Å². The number of imidazole rings is 2. The van der Waals surface area contributed by atoms with Crippen molar-refractivity contribution in [3.63, 3.8) is 0 Å². The van der Waals surface area contributed by atoms with E-state index in [2.05, 4.69) is 76.0 Å². The molecule has 3 aliphatic heterocycles. The van der Waals surface area contributed by atoms with Crippen LogP contribution in [0.2, 0.25) is 18.1 Å². The standard InChI is InChI=1S/C29H40N10O9P2S2Si/c1-28(2,3)53(4,5)48-19-16-9-42-49(40,51)47-21-15-7-6-8-29(21,45-26(15)38-13-36-17-22(30)32-11-34-24(17)38)10-43-50(41,52)46-20(19)27(44-16)39-14-37-18-23(31)33-12-35-25(18)39/h6-7,11-16,19-21,26-27H,8-10H2,1-5H3,(H,40,51)(H,41,52)(H2,30,32,34)(H2,31,33,35)/t15-,16-,19?,20-,21+,26-,27-,29-,49?,50?/m1/s1. The molecule has 4 aromatic heterocycles. The molecule has 8 rings (SSSR count). The van der Waals surface area contributed by atoms with E-state index in [1.807, 2.05) is 12.2 Å². The number of nitrogens with two attached hydrogens (primary N) is 2. The van der Waals surface area contributed by atoms with Gasteiger partial charge in [0.15, 0.2) is 37.5 Å². The first kappa shape index (κ1) is 37.5. The maximum atomic E-state index is 14.3. The lowest BCUT2D eigenvalue weighted by molar-refractivity contribution is -0.120. The number of rotatable bonds is 4. The van der Waals surface area contributed by atoms with Gasteiger partial charge in [-0.15, -0.1) is 0 Å². The summed E-state index contributed by atoms with van der Waals surface area (Å²) in [5, 5.41) is -0.252. The smallest absolute Gasteiger partial charge is 0.386 e. The van der Waals surface area contributed by atoms with E-state index in [-0.39, 0.29) is 36.3 Å². The Morgan fingerprint density at radius 2 is 1.62 bits per heavy atom. The van der Waals surface area contributed by atoms with Crippen molar-refractivity contribution in [1.82, 2.24) is 39.0 Å². The van der Waals surface area contributed by atoms with E-state index in [4.69, 9.17) is 55.3 Å². The zero-order chi connectivity index (χ0) is 37.7. The first-order valence-electron chi connectivity index (χ1n) is 16.7. The Bertz CT molecular complexity index is 2210. The van der Waals surface area contributed by atoms with Crippen LogP contribution in [0.5, 0.6) is 0 Å². The second-order valence-electron chi connectivity index (χ2n) is 15.0. The van der Waals surface area contributed by atoms with Gasteiger partial charge < -0.3 is 34.8 Å². The molecule has 3 fully saturated rings. The minimum absolute atomic E-state index is 0.159. The predicted octanol–water partition coefficient (Wildman–Crippen LogP) is 4.03. The van der Waals surface area contributed by atoms with Gasteiger partial charge in [0.25, 0.3) is 0 Å². The van der Waals surface area contributed by atoms with E-state index in [0.29, 0.717) is 22.3 Å². The van der Waals surface area contributed by atoms with Crippen LogP contribution in [0.4, 0.5) is 11.6 Å². The van der Waals surface area contributed by atoms with Crippen LogP contribution in [0.15, 0.2) is 37.5 Å². The van der Waals surface area contributed by atoms with Crippen LogP contribution in [0.1, 0.15) is 39.6 Å². The number of thiol groups is 1. The number of anilines is 2. The van der Waals surface area contributed by atoms with E-state index in [1.54, 1.807) is 9.13 Å². The molecule has 1 aliphatic carbocycles. The lowest BCUT2D eigenvalue weighted by Gasteiger charge is -2.41. The first-order chi connectivity index (χ1) is 24.9. The zero-order valence-electron chi connectivity index (χ0n) is 29.3. The molecule has 0 amide bonds. The highest BCUT2D eigenvalue weighted by Gasteiger charge is 2.61. The molecule has 3 saturated heterocycles. The molecule has 4 aliphatic rings. The summed E-state index contributed by atoms with van der Waals surface area (Å²) in [4.78, 5) is 37.5. The van der Waals surface area contributed by atoms with Gasteiger partial charge in [0.2, 0.25) is 0 Å². The summed E-state index contributed by atoms with van der Waals surface area (Å²) in [7, 11) is -2.59. The summed E-state index contributed by atoms with van der Waals surface area (Å²) in [6.45, 7) is 1.40. The lowest BCUT2D eigenvalue weighted by atomic mass is 9.83. The fraction of sp³-hybridized carbons (Fsp3) is 0.586. The van der Waals surface area contributed by atoms with E-state index in [1.165, 1.54) is 25.3 Å². The zero-order valence-corrected chi connectivity index (χ0v) is 33.8. The number of fused-ring (bicyclic) bond motifs is 4. The Morgan fingerprint density at radius 1 is 1.00 bits per heavy atom. The third kappa shape index (κ3) is 6.58. The van der Waals surface area contributed by atoms with E-state index >= 15 is 0 Å². The van der Waals surface area contributed by atoms with Gasteiger partial charge in [0.05, 0.1) is 31.8 Å². The molecule has 10 atom stereocenters. The van der Waals surface area contributed by atoms with Crippen molar-refractivity contribution >= 4 is 79.9 Å². The maximum absolute atomic E-state index is 14.3. The summed E-state index contributed by atoms with van der Waals surface area (Å²) in [5.41, 5.74) is 12.3. The molecule has 4 aromatic rings. The van der Waals surface area contributed by atoms with Crippen molar-refractivity contribution in [3.8, 4) is 0 Å². The normalized spacial score (nSPS) is 36.6. The molecule has 5 N–H and O–H groups in total. The third-order valence-electron chi connectivity index (χ3n) is 10.6. The minimum Gasteiger partial charge on any atom is -0.408 e. The van der Waals surface area contributed by atoms with Gasteiger partial charge in [-0.1, -0.05) is 45.2 Å². The van der Waals surface area contributed by atoms with Gasteiger partial charge >= 0.3 is 13.5 Å².